The number of carbonyl (C=O) groups is 1. The molecule has 1 amide bonds. The number of hydrogen-bond acceptors (Lipinski definition) is 4. The predicted molar refractivity (Wildman–Crippen MR) is 103 cm³/mol. The van der Waals surface area contributed by atoms with E-state index in [2.05, 4.69) is 4.72 Å². The van der Waals surface area contributed by atoms with Gasteiger partial charge in [0.15, 0.2) is 0 Å². The van der Waals surface area contributed by atoms with Crippen molar-refractivity contribution in [3.05, 3.63) is 53.0 Å². The lowest BCUT2D eigenvalue weighted by atomic mass is 10.00. The van der Waals surface area contributed by atoms with Gasteiger partial charge in [0.25, 0.3) is 5.91 Å². The lowest BCUT2D eigenvalue weighted by Crippen LogP contribution is -2.23. The van der Waals surface area contributed by atoms with E-state index < -0.39 is 10.0 Å². The second-order valence-electron chi connectivity index (χ2n) is 7.07. The monoisotopic (exact) mass is 386 g/mol. The molecule has 2 aliphatic rings. The summed E-state index contributed by atoms with van der Waals surface area (Å²) >= 11 is 0. The maximum atomic E-state index is 12.7. The van der Waals surface area contributed by atoms with Gasteiger partial charge in [0.1, 0.15) is 11.5 Å². The minimum Gasteiger partial charge on any atom is -0.465 e. The highest BCUT2D eigenvalue weighted by atomic mass is 32.2. The summed E-state index contributed by atoms with van der Waals surface area (Å²) in [6.45, 7) is 1.89. The Morgan fingerprint density at radius 3 is 2.56 bits per heavy atom. The molecule has 0 bridgehead atoms. The quantitative estimate of drug-likeness (QED) is 0.817. The van der Waals surface area contributed by atoms with Crippen LogP contribution in [0.15, 0.2) is 45.2 Å². The zero-order valence-corrected chi connectivity index (χ0v) is 16.2. The molecule has 1 aliphatic heterocycles. The number of amides is 1. The summed E-state index contributed by atoms with van der Waals surface area (Å²) in [5.41, 5.74) is 3.30. The van der Waals surface area contributed by atoms with Crippen molar-refractivity contribution in [1.82, 2.24) is 4.72 Å². The Morgan fingerprint density at radius 1 is 1.15 bits per heavy atom. The maximum absolute atomic E-state index is 12.7. The number of rotatable bonds is 4. The zero-order valence-electron chi connectivity index (χ0n) is 15.4. The predicted octanol–water partition coefficient (Wildman–Crippen LogP) is 3.37. The third-order valence-electron chi connectivity index (χ3n) is 5.22. The number of benzene rings is 1. The molecule has 7 heteroatoms. The summed E-state index contributed by atoms with van der Waals surface area (Å²) in [5.74, 6) is 1.24. The fraction of sp³-hybridized carbons (Fsp3) is 0.350. The van der Waals surface area contributed by atoms with Crippen LogP contribution in [0.5, 0.6) is 0 Å². The second-order valence-corrected chi connectivity index (χ2v) is 8.83. The van der Waals surface area contributed by atoms with Gasteiger partial charge >= 0.3 is 0 Å². The van der Waals surface area contributed by atoms with Gasteiger partial charge in [0.05, 0.1) is 17.1 Å². The summed E-state index contributed by atoms with van der Waals surface area (Å²) in [5, 5.41) is 0. The molecule has 6 nitrogen and oxygen atoms in total. The van der Waals surface area contributed by atoms with Gasteiger partial charge < -0.3 is 9.32 Å². The molecule has 1 aliphatic carbocycles. The minimum absolute atomic E-state index is 0.0459. The van der Waals surface area contributed by atoms with Crippen molar-refractivity contribution in [3.8, 4) is 0 Å². The fourth-order valence-corrected chi connectivity index (χ4v) is 4.81. The van der Waals surface area contributed by atoms with E-state index in [4.69, 9.17) is 4.42 Å². The Balaban J connectivity index is 1.68. The van der Waals surface area contributed by atoms with Crippen LogP contribution in [0.3, 0.4) is 0 Å². The first-order chi connectivity index (χ1) is 12.9. The molecule has 4 rings (SSSR count). The molecule has 0 spiro atoms. The van der Waals surface area contributed by atoms with E-state index in [1.54, 1.807) is 42.3 Å². The summed E-state index contributed by atoms with van der Waals surface area (Å²) in [7, 11) is -1.98. The van der Waals surface area contributed by atoms with Crippen LogP contribution < -0.4 is 9.62 Å². The minimum atomic E-state index is -3.72. The molecular formula is C20H22N2O4S. The normalized spacial score (nSPS) is 17.1. The van der Waals surface area contributed by atoms with Gasteiger partial charge in [-0.3, -0.25) is 4.79 Å². The molecule has 0 atom stereocenters. The van der Waals surface area contributed by atoms with Gasteiger partial charge in [-0.05, 0) is 62.9 Å². The van der Waals surface area contributed by atoms with Gasteiger partial charge in [-0.1, -0.05) is 5.57 Å². The average Bonchev–Trinajstić information content (AvgIpc) is 3.35. The summed E-state index contributed by atoms with van der Waals surface area (Å²) in [6.07, 6.45) is 3.96. The second kappa shape index (κ2) is 6.65. The molecule has 142 valence electrons. The summed E-state index contributed by atoms with van der Waals surface area (Å²) < 4.78 is 33.5. The Kier molecular flexibility index (Phi) is 4.44. The number of anilines is 1. The van der Waals surface area contributed by atoms with E-state index in [-0.39, 0.29) is 17.3 Å². The van der Waals surface area contributed by atoms with E-state index in [0.29, 0.717) is 11.3 Å². The van der Waals surface area contributed by atoms with Crippen molar-refractivity contribution in [2.45, 2.75) is 44.0 Å². The number of aryl methyl sites for hydroxylation is 1. The van der Waals surface area contributed by atoms with E-state index in [0.717, 1.165) is 48.3 Å². The standard InChI is InChI=1S/C20H22N2O4S/c1-13-7-8-15(26-13)12-21-27(24,25)16-9-10-18-17(11-16)19(20(23)22(18)2)14-5-3-4-6-14/h7-11,21H,3-6,12H2,1-2H3. The number of hydrogen-bond donors (Lipinski definition) is 1. The van der Waals surface area contributed by atoms with Crippen molar-refractivity contribution in [1.29, 1.82) is 0 Å². The Labute approximate surface area is 158 Å². The molecule has 1 aromatic heterocycles. The smallest absolute Gasteiger partial charge is 0.258 e. The summed E-state index contributed by atoms with van der Waals surface area (Å²) in [6, 6.07) is 8.41. The van der Waals surface area contributed by atoms with Crippen LogP contribution in [0, 0.1) is 6.92 Å². The van der Waals surface area contributed by atoms with Gasteiger partial charge in [-0.15, -0.1) is 0 Å². The SMILES string of the molecule is Cc1ccc(CNS(=O)(=O)c2ccc3c(c2)C(=C2CCCC2)C(=O)N3C)o1. The van der Waals surface area contributed by atoms with Crippen LogP contribution in [0.1, 0.15) is 42.8 Å². The molecule has 1 N–H and O–H groups in total. The van der Waals surface area contributed by atoms with Crippen molar-refractivity contribution >= 4 is 27.2 Å². The van der Waals surface area contributed by atoms with Crippen LogP contribution >= 0.6 is 0 Å². The average molecular weight is 386 g/mol. The molecule has 27 heavy (non-hydrogen) atoms. The van der Waals surface area contributed by atoms with Crippen LogP contribution in [0.2, 0.25) is 0 Å². The third-order valence-corrected chi connectivity index (χ3v) is 6.62. The van der Waals surface area contributed by atoms with Crippen LogP contribution in [0.25, 0.3) is 5.57 Å². The first-order valence-electron chi connectivity index (χ1n) is 9.06. The van der Waals surface area contributed by atoms with Crippen molar-refractivity contribution in [3.63, 3.8) is 0 Å². The maximum Gasteiger partial charge on any atom is 0.258 e. The van der Waals surface area contributed by atoms with Crippen molar-refractivity contribution in [2.24, 2.45) is 0 Å². The third kappa shape index (κ3) is 3.21. The van der Waals surface area contributed by atoms with Crippen LogP contribution in [-0.4, -0.2) is 21.4 Å². The number of carbonyl (C=O) groups excluding carboxylic acids is 1. The molecule has 0 radical (unpaired) electrons. The van der Waals surface area contributed by atoms with Gasteiger partial charge in [-0.2, -0.15) is 0 Å². The molecule has 0 unspecified atom stereocenters. The topological polar surface area (TPSA) is 79.6 Å². The van der Waals surface area contributed by atoms with Crippen molar-refractivity contribution in [2.75, 3.05) is 11.9 Å². The van der Waals surface area contributed by atoms with Crippen molar-refractivity contribution < 1.29 is 17.6 Å². The lowest BCUT2D eigenvalue weighted by Gasteiger charge is -2.10. The van der Waals surface area contributed by atoms with Crippen LogP contribution in [0.4, 0.5) is 5.69 Å². The van der Waals surface area contributed by atoms with Gasteiger partial charge in [0, 0.05) is 18.2 Å². The van der Waals surface area contributed by atoms with Gasteiger partial charge in [-0.25, -0.2) is 13.1 Å². The Hall–Kier alpha value is -2.38. The number of nitrogens with zero attached hydrogens (tertiary/aromatic N) is 1. The number of sulfonamides is 1. The van der Waals surface area contributed by atoms with E-state index >= 15 is 0 Å². The number of furan rings is 1. The molecular weight excluding hydrogens is 364 g/mol. The number of likely N-dealkylation sites (N-methyl/N-ethyl adjacent to an activating group) is 1. The van der Waals surface area contributed by atoms with E-state index in [1.165, 1.54) is 0 Å². The number of allylic oxidation sites excluding steroid dienone is 1. The number of nitrogens with one attached hydrogen (secondary N) is 1. The lowest BCUT2D eigenvalue weighted by molar-refractivity contribution is -0.112. The Morgan fingerprint density at radius 2 is 1.89 bits per heavy atom. The largest absolute Gasteiger partial charge is 0.465 e. The zero-order chi connectivity index (χ0) is 19.2. The molecule has 0 saturated heterocycles. The molecule has 1 fully saturated rings. The van der Waals surface area contributed by atoms with E-state index in [1.807, 2.05) is 6.92 Å². The first-order valence-corrected chi connectivity index (χ1v) is 10.5. The molecule has 2 heterocycles. The highest BCUT2D eigenvalue weighted by Gasteiger charge is 2.34. The summed E-state index contributed by atoms with van der Waals surface area (Å²) in [4.78, 5) is 14.5. The fourth-order valence-electron chi connectivity index (χ4n) is 3.79. The highest BCUT2D eigenvalue weighted by molar-refractivity contribution is 7.89. The number of fused-ring (bicyclic) bond motifs is 1. The molecule has 1 aromatic carbocycles. The highest BCUT2D eigenvalue weighted by Crippen LogP contribution is 2.42. The van der Waals surface area contributed by atoms with E-state index in [9.17, 15) is 13.2 Å². The molecule has 1 saturated carbocycles. The molecule has 2 aromatic rings. The van der Waals surface area contributed by atoms with Crippen LogP contribution in [-0.2, 0) is 21.4 Å². The Bertz CT molecular complexity index is 1040. The van der Waals surface area contributed by atoms with Gasteiger partial charge in [0.2, 0.25) is 10.0 Å². The first kappa shape index (κ1) is 18.0.